The molecule has 3 rings (SSSR count). The Balaban J connectivity index is 1.72. The van der Waals surface area contributed by atoms with Gasteiger partial charge in [-0.05, 0) is 29.7 Å². The molecule has 0 fully saturated rings. The fourth-order valence-electron chi connectivity index (χ4n) is 1.81. The van der Waals surface area contributed by atoms with Gasteiger partial charge >= 0.3 is 6.09 Å². The standard InChI is InChI=1S/C15H10ClNO2S/c16-11-5-3-6-12(9-11)17-15(18)19-14-8-10-4-1-2-7-13(10)20-14/h1-9H,(H,17,18). The largest absolute Gasteiger partial charge is 0.417 e. The number of carbonyl (C=O) groups is 1. The maximum absolute atomic E-state index is 11.8. The van der Waals surface area contributed by atoms with Crippen molar-refractivity contribution in [2.45, 2.75) is 0 Å². The van der Waals surface area contributed by atoms with Crippen LogP contribution in [0.3, 0.4) is 0 Å². The molecule has 1 heterocycles. The topological polar surface area (TPSA) is 38.3 Å². The number of hydrogen-bond donors (Lipinski definition) is 1. The van der Waals surface area contributed by atoms with Crippen LogP contribution in [0.4, 0.5) is 10.5 Å². The number of rotatable bonds is 2. The van der Waals surface area contributed by atoms with Crippen molar-refractivity contribution in [1.29, 1.82) is 0 Å². The minimum atomic E-state index is -0.529. The number of hydrogen-bond acceptors (Lipinski definition) is 3. The predicted octanol–water partition coefficient (Wildman–Crippen LogP) is 5.17. The predicted molar refractivity (Wildman–Crippen MR) is 82.9 cm³/mol. The second kappa shape index (κ2) is 5.53. The SMILES string of the molecule is O=C(Nc1cccc(Cl)c1)Oc1cc2ccccc2s1. The summed E-state index contributed by atoms with van der Waals surface area (Å²) in [5, 5.41) is 4.82. The lowest BCUT2D eigenvalue weighted by Crippen LogP contribution is -2.15. The van der Waals surface area contributed by atoms with Gasteiger partial charge in [-0.25, -0.2) is 4.79 Å². The van der Waals surface area contributed by atoms with E-state index in [2.05, 4.69) is 5.32 Å². The van der Waals surface area contributed by atoms with Crippen LogP contribution in [0.2, 0.25) is 5.02 Å². The Labute approximate surface area is 124 Å². The first-order valence-electron chi connectivity index (χ1n) is 5.94. The van der Waals surface area contributed by atoms with Crippen LogP contribution in [0.15, 0.2) is 54.6 Å². The van der Waals surface area contributed by atoms with Gasteiger partial charge in [0.15, 0.2) is 5.06 Å². The van der Waals surface area contributed by atoms with Gasteiger partial charge < -0.3 is 4.74 Å². The molecule has 3 nitrogen and oxygen atoms in total. The van der Waals surface area contributed by atoms with E-state index < -0.39 is 6.09 Å². The van der Waals surface area contributed by atoms with Crippen LogP contribution >= 0.6 is 22.9 Å². The summed E-state index contributed by atoms with van der Waals surface area (Å²) in [6.45, 7) is 0. The Bertz CT molecular complexity index is 736. The highest BCUT2D eigenvalue weighted by Crippen LogP contribution is 2.31. The van der Waals surface area contributed by atoms with Gasteiger partial charge in [-0.2, -0.15) is 0 Å². The summed E-state index contributed by atoms with van der Waals surface area (Å²) in [5.41, 5.74) is 0.601. The lowest BCUT2D eigenvalue weighted by atomic mass is 10.3. The quantitative estimate of drug-likeness (QED) is 0.709. The second-order valence-electron chi connectivity index (χ2n) is 4.13. The minimum absolute atomic E-state index is 0.529. The summed E-state index contributed by atoms with van der Waals surface area (Å²) in [7, 11) is 0. The summed E-state index contributed by atoms with van der Waals surface area (Å²) < 4.78 is 6.35. The molecule has 0 spiro atoms. The molecule has 0 radical (unpaired) electrons. The third kappa shape index (κ3) is 2.92. The zero-order valence-electron chi connectivity index (χ0n) is 10.3. The molecule has 0 atom stereocenters. The molecule has 3 aromatic rings. The third-order valence-electron chi connectivity index (χ3n) is 2.67. The van der Waals surface area contributed by atoms with Gasteiger partial charge in [0.1, 0.15) is 0 Å². The lowest BCUT2D eigenvalue weighted by molar-refractivity contribution is 0.216. The summed E-state index contributed by atoms with van der Waals surface area (Å²) in [6.07, 6.45) is -0.529. The summed E-state index contributed by atoms with van der Waals surface area (Å²) >= 11 is 7.28. The average Bonchev–Trinajstić information content (AvgIpc) is 2.80. The van der Waals surface area contributed by atoms with Crippen molar-refractivity contribution in [3.05, 3.63) is 59.6 Å². The van der Waals surface area contributed by atoms with Crippen molar-refractivity contribution >= 4 is 44.8 Å². The molecular weight excluding hydrogens is 294 g/mol. The van der Waals surface area contributed by atoms with Gasteiger partial charge in [0, 0.05) is 21.5 Å². The molecule has 20 heavy (non-hydrogen) atoms. The summed E-state index contributed by atoms with van der Waals surface area (Å²) in [5.74, 6) is 0. The molecule has 1 aromatic heterocycles. The average molecular weight is 304 g/mol. The van der Waals surface area contributed by atoms with Crippen LogP contribution < -0.4 is 10.1 Å². The Kier molecular flexibility index (Phi) is 3.58. The van der Waals surface area contributed by atoms with E-state index in [-0.39, 0.29) is 0 Å². The van der Waals surface area contributed by atoms with Gasteiger partial charge in [-0.3, -0.25) is 5.32 Å². The van der Waals surface area contributed by atoms with Crippen LogP contribution in [-0.2, 0) is 0 Å². The summed E-state index contributed by atoms with van der Waals surface area (Å²) in [6, 6.07) is 16.6. The van der Waals surface area contributed by atoms with E-state index in [1.807, 2.05) is 30.3 Å². The third-order valence-corrected chi connectivity index (χ3v) is 3.90. The van der Waals surface area contributed by atoms with Crippen LogP contribution in [0, 0.1) is 0 Å². The van der Waals surface area contributed by atoms with Crippen LogP contribution in [-0.4, -0.2) is 6.09 Å². The monoisotopic (exact) mass is 303 g/mol. The number of thiophene rings is 1. The Hall–Kier alpha value is -2.04. The first-order valence-corrected chi connectivity index (χ1v) is 7.13. The summed E-state index contributed by atoms with van der Waals surface area (Å²) in [4.78, 5) is 11.8. The molecule has 0 aliphatic rings. The maximum Gasteiger partial charge on any atom is 0.417 e. The number of benzene rings is 2. The zero-order chi connectivity index (χ0) is 13.9. The molecule has 5 heteroatoms. The van der Waals surface area contributed by atoms with E-state index in [0.29, 0.717) is 15.8 Å². The van der Waals surface area contributed by atoms with Crippen molar-refractivity contribution in [3.8, 4) is 5.06 Å². The Morgan fingerprint density at radius 1 is 1.10 bits per heavy atom. The van der Waals surface area contributed by atoms with Crippen molar-refractivity contribution in [1.82, 2.24) is 0 Å². The first-order chi connectivity index (χ1) is 9.70. The number of anilines is 1. The van der Waals surface area contributed by atoms with E-state index in [1.165, 1.54) is 11.3 Å². The van der Waals surface area contributed by atoms with Crippen molar-refractivity contribution in [2.24, 2.45) is 0 Å². The first kappa shape index (κ1) is 13.0. The highest BCUT2D eigenvalue weighted by atomic mass is 35.5. The minimum Gasteiger partial charge on any atom is -0.399 e. The maximum atomic E-state index is 11.8. The molecule has 2 aromatic carbocycles. The Morgan fingerprint density at radius 2 is 1.95 bits per heavy atom. The molecule has 100 valence electrons. The van der Waals surface area contributed by atoms with E-state index in [0.717, 1.165) is 10.1 Å². The number of nitrogens with one attached hydrogen (secondary N) is 1. The van der Waals surface area contributed by atoms with E-state index in [9.17, 15) is 4.79 Å². The molecule has 0 saturated heterocycles. The van der Waals surface area contributed by atoms with Gasteiger partial charge in [-0.15, -0.1) is 0 Å². The van der Waals surface area contributed by atoms with Gasteiger partial charge in [0.2, 0.25) is 0 Å². The van der Waals surface area contributed by atoms with Crippen molar-refractivity contribution in [3.63, 3.8) is 0 Å². The van der Waals surface area contributed by atoms with Gasteiger partial charge in [0.05, 0.1) is 0 Å². The fraction of sp³-hybridized carbons (Fsp3) is 0. The Morgan fingerprint density at radius 3 is 2.75 bits per heavy atom. The lowest BCUT2D eigenvalue weighted by Gasteiger charge is -2.04. The number of halogens is 1. The van der Waals surface area contributed by atoms with Crippen molar-refractivity contribution in [2.75, 3.05) is 5.32 Å². The van der Waals surface area contributed by atoms with Crippen molar-refractivity contribution < 1.29 is 9.53 Å². The fourth-order valence-corrected chi connectivity index (χ4v) is 2.91. The van der Waals surface area contributed by atoms with E-state index in [4.69, 9.17) is 16.3 Å². The molecule has 0 bridgehead atoms. The molecule has 0 aliphatic carbocycles. The molecule has 1 N–H and O–H groups in total. The molecule has 0 saturated carbocycles. The number of carbonyl (C=O) groups excluding carboxylic acids is 1. The van der Waals surface area contributed by atoms with Crippen LogP contribution in [0.25, 0.3) is 10.1 Å². The van der Waals surface area contributed by atoms with E-state index in [1.54, 1.807) is 24.3 Å². The molecule has 0 aliphatic heterocycles. The van der Waals surface area contributed by atoms with Crippen LogP contribution in [0.1, 0.15) is 0 Å². The molecule has 1 amide bonds. The van der Waals surface area contributed by atoms with Crippen LogP contribution in [0.5, 0.6) is 5.06 Å². The molecule has 0 unspecified atom stereocenters. The van der Waals surface area contributed by atoms with Gasteiger partial charge in [0.25, 0.3) is 0 Å². The zero-order valence-corrected chi connectivity index (χ0v) is 11.9. The smallest absolute Gasteiger partial charge is 0.399 e. The number of fused-ring (bicyclic) bond motifs is 1. The highest BCUT2D eigenvalue weighted by molar-refractivity contribution is 7.20. The number of amides is 1. The van der Waals surface area contributed by atoms with Gasteiger partial charge in [-0.1, -0.05) is 47.2 Å². The second-order valence-corrected chi connectivity index (χ2v) is 5.61. The normalized spacial score (nSPS) is 10.4. The van der Waals surface area contributed by atoms with E-state index >= 15 is 0 Å². The highest BCUT2D eigenvalue weighted by Gasteiger charge is 2.08. The molecular formula is C15H10ClNO2S. The number of ether oxygens (including phenoxy) is 1.